The van der Waals surface area contributed by atoms with E-state index in [0.29, 0.717) is 17.0 Å². The molecule has 2 aromatic heterocycles. The van der Waals surface area contributed by atoms with Gasteiger partial charge in [-0.1, -0.05) is 0 Å². The summed E-state index contributed by atoms with van der Waals surface area (Å²) in [6.45, 7) is 7.25. The lowest BCUT2D eigenvalue weighted by atomic mass is 10.3. The molecule has 116 valence electrons. The van der Waals surface area contributed by atoms with Crippen LogP contribution in [0.25, 0.3) is 0 Å². The molecular formula is C14H17N5O2S. The molecule has 0 atom stereocenters. The van der Waals surface area contributed by atoms with E-state index in [-0.39, 0.29) is 16.8 Å². The number of aryl methyl sites for hydroxylation is 1. The van der Waals surface area contributed by atoms with Crippen LogP contribution < -0.4 is 4.72 Å². The fourth-order valence-corrected chi connectivity index (χ4v) is 3.66. The second-order valence-electron chi connectivity index (χ2n) is 5.19. The summed E-state index contributed by atoms with van der Waals surface area (Å²) < 4.78 is 29.2. The maximum Gasteiger partial charge on any atom is 0.266 e. The topological polar surface area (TPSA) is 101 Å². The van der Waals surface area contributed by atoms with Gasteiger partial charge in [0.25, 0.3) is 10.0 Å². The average molecular weight is 319 g/mol. The molecule has 0 aliphatic carbocycles. The van der Waals surface area contributed by atoms with Crippen LogP contribution in [-0.4, -0.2) is 23.2 Å². The van der Waals surface area contributed by atoms with Crippen LogP contribution in [0.3, 0.4) is 0 Å². The van der Waals surface area contributed by atoms with E-state index in [1.807, 2.05) is 19.9 Å². The minimum Gasteiger partial charge on any atom is -0.266 e. The lowest BCUT2D eigenvalue weighted by Gasteiger charge is -2.10. The average Bonchev–Trinajstić information content (AvgIpc) is 2.75. The molecule has 2 aromatic rings. The molecule has 0 aliphatic heterocycles. The van der Waals surface area contributed by atoms with Crippen molar-refractivity contribution in [2.24, 2.45) is 0 Å². The standard InChI is InChI=1S/C14H17N5O2S/c1-9(2)19-11(4)14(10(3)17-19)22(20,21)18-13-6-5-12(7-15)8-16-13/h5-6,8-9H,1-4H3,(H,16,18). The molecule has 0 bridgehead atoms. The molecular weight excluding hydrogens is 302 g/mol. The van der Waals surface area contributed by atoms with Crippen molar-refractivity contribution in [1.82, 2.24) is 14.8 Å². The number of anilines is 1. The molecule has 0 saturated carbocycles. The first-order valence-electron chi connectivity index (χ1n) is 6.71. The van der Waals surface area contributed by atoms with E-state index < -0.39 is 10.0 Å². The van der Waals surface area contributed by atoms with Gasteiger partial charge in [-0.3, -0.25) is 9.40 Å². The zero-order valence-corrected chi connectivity index (χ0v) is 13.6. The molecule has 1 N–H and O–H groups in total. The number of nitrogens with one attached hydrogen (secondary N) is 1. The Labute approximate surface area is 129 Å². The van der Waals surface area contributed by atoms with Crippen LogP contribution >= 0.6 is 0 Å². The monoisotopic (exact) mass is 319 g/mol. The van der Waals surface area contributed by atoms with Crippen molar-refractivity contribution in [3.8, 4) is 6.07 Å². The highest BCUT2D eigenvalue weighted by Crippen LogP contribution is 2.24. The Hall–Kier alpha value is -2.40. The Balaban J connectivity index is 2.40. The van der Waals surface area contributed by atoms with Gasteiger partial charge in [0.15, 0.2) is 0 Å². The van der Waals surface area contributed by atoms with E-state index in [0.717, 1.165) is 0 Å². The summed E-state index contributed by atoms with van der Waals surface area (Å²) in [5.74, 6) is 0.162. The van der Waals surface area contributed by atoms with Crippen LogP contribution in [0.15, 0.2) is 23.2 Å². The summed E-state index contributed by atoms with van der Waals surface area (Å²) in [7, 11) is -3.79. The lowest BCUT2D eigenvalue weighted by molar-refractivity contribution is 0.514. The van der Waals surface area contributed by atoms with Gasteiger partial charge in [-0.05, 0) is 39.8 Å². The number of rotatable bonds is 4. The van der Waals surface area contributed by atoms with E-state index in [1.165, 1.54) is 18.3 Å². The molecule has 0 saturated heterocycles. The molecule has 2 heterocycles. The third kappa shape index (κ3) is 2.94. The van der Waals surface area contributed by atoms with E-state index in [9.17, 15) is 8.42 Å². The van der Waals surface area contributed by atoms with Gasteiger partial charge in [0.2, 0.25) is 0 Å². The predicted molar refractivity (Wildman–Crippen MR) is 81.8 cm³/mol. The van der Waals surface area contributed by atoms with Gasteiger partial charge in [0.05, 0.1) is 17.0 Å². The summed E-state index contributed by atoms with van der Waals surface area (Å²) in [5.41, 5.74) is 1.38. The number of nitrogens with zero attached hydrogens (tertiary/aromatic N) is 4. The molecule has 0 radical (unpaired) electrons. The van der Waals surface area contributed by atoms with Crippen LogP contribution in [-0.2, 0) is 10.0 Å². The first-order chi connectivity index (χ1) is 10.3. The molecule has 0 unspecified atom stereocenters. The van der Waals surface area contributed by atoms with Crippen molar-refractivity contribution in [3.05, 3.63) is 35.3 Å². The molecule has 0 aliphatic rings. The normalized spacial score (nSPS) is 11.5. The van der Waals surface area contributed by atoms with Crippen LogP contribution in [0.1, 0.15) is 36.8 Å². The van der Waals surface area contributed by atoms with Gasteiger partial charge < -0.3 is 0 Å². The van der Waals surface area contributed by atoms with Crippen molar-refractivity contribution >= 4 is 15.8 Å². The summed E-state index contributed by atoms with van der Waals surface area (Å²) >= 11 is 0. The molecule has 0 aromatic carbocycles. The van der Waals surface area contributed by atoms with Crippen molar-refractivity contribution in [1.29, 1.82) is 5.26 Å². The van der Waals surface area contributed by atoms with Gasteiger partial charge in [-0.2, -0.15) is 10.4 Å². The Morgan fingerprint density at radius 3 is 2.45 bits per heavy atom. The highest BCUT2D eigenvalue weighted by Gasteiger charge is 2.25. The maximum absolute atomic E-state index is 12.6. The number of sulfonamides is 1. The van der Waals surface area contributed by atoms with E-state index in [1.54, 1.807) is 18.5 Å². The van der Waals surface area contributed by atoms with E-state index in [4.69, 9.17) is 5.26 Å². The SMILES string of the molecule is Cc1nn(C(C)C)c(C)c1S(=O)(=O)Nc1ccc(C#N)cn1. The molecule has 0 spiro atoms. The minimum atomic E-state index is -3.79. The second-order valence-corrected chi connectivity index (χ2v) is 6.81. The molecule has 0 amide bonds. The van der Waals surface area contributed by atoms with Crippen molar-refractivity contribution in [3.63, 3.8) is 0 Å². The largest absolute Gasteiger partial charge is 0.266 e. The number of nitriles is 1. The fraction of sp³-hybridized carbons (Fsp3) is 0.357. The van der Waals surface area contributed by atoms with Crippen LogP contribution in [0.4, 0.5) is 5.82 Å². The minimum absolute atomic E-state index is 0.0655. The quantitative estimate of drug-likeness (QED) is 0.930. The van der Waals surface area contributed by atoms with Crippen molar-refractivity contribution in [2.75, 3.05) is 4.72 Å². The van der Waals surface area contributed by atoms with Crippen LogP contribution in [0.2, 0.25) is 0 Å². The fourth-order valence-electron chi connectivity index (χ4n) is 2.25. The van der Waals surface area contributed by atoms with Gasteiger partial charge in [-0.25, -0.2) is 13.4 Å². The van der Waals surface area contributed by atoms with Gasteiger partial charge in [-0.15, -0.1) is 0 Å². The first-order valence-corrected chi connectivity index (χ1v) is 8.19. The highest BCUT2D eigenvalue weighted by atomic mass is 32.2. The zero-order chi connectivity index (χ0) is 16.5. The van der Waals surface area contributed by atoms with Gasteiger partial charge in [0.1, 0.15) is 16.8 Å². The van der Waals surface area contributed by atoms with E-state index in [2.05, 4.69) is 14.8 Å². The summed E-state index contributed by atoms with van der Waals surface area (Å²) in [4.78, 5) is 4.08. The Morgan fingerprint density at radius 1 is 1.32 bits per heavy atom. The number of hydrogen-bond donors (Lipinski definition) is 1. The van der Waals surface area contributed by atoms with Crippen LogP contribution in [0.5, 0.6) is 0 Å². The Bertz CT molecular complexity index is 829. The molecule has 0 fully saturated rings. The Kier molecular flexibility index (Phi) is 4.19. The van der Waals surface area contributed by atoms with Crippen LogP contribution in [0, 0.1) is 25.2 Å². The van der Waals surface area contributed by atoms with E-state index >= 15 is 0 Å². The number of hydrogen-bond acceptors (Lipinski definition) is 5. The van der Waals surface area contributed by atoms with Gasteiger partial charge >= 0.3 is 0 Å². The highest BCUT2D eigenvalue weighted by molar-refractivity contribution is 7.92. The summed E-state index contributed by atoms with van der Waals surface area (Å²) in [6, 6.07) is 4.95. The lowest BCUT2D eigenvalue weighted by Crippen LogP contribution is -2.16. The first kappa shape index (κ1) is 16.0. The summed E-state index contributed by atoms with van der Waals surface area (Å²) in [6.07, 6.45) is 1.31. The summed E-state index contributed by atoms with van der Waals surface area (Å²) in [5, 5.41) is 13.0. The second kappa shape index (κ2) is 5.77. The number of aromatic nitrogens is 3. The zero-order valence-electron chi connectivity index (χ0n) is 12.8. The molecule has 7 nitrogen and oxygen atoms in total. The third-order valence-electron chi connectivity index (χ3n) is 3.15. The molecule has 8 heteroatoms. The molecule has 22 heavy (non-hydrogen) atoms. The maximum atomic E-state index is 12.6. The third-order valence-corrected chi connectivity index (χ3v) is 4.75. The predicted octanol–water partition coefficient (Wildman–Crippen LogP) is 2.15. The number of pyridine rings is 1. The van der Waals surface area contributed by atoms with Crippen molar-refractivity contribution in [2.45, 2.75) is 38.6 Å². The van der Waals surface area contributed by atoms with Crippen molar-refractivity contribution < 1.29 is 8.42 Å². The Morgan fingerprint density at radius 2 is 2.00 bits per heavy atom. The van der Waals surface area contributed by atoms with Gasteiger partial charge in [0, 0.05) is 12.2 Å². The smallest absolute Gasteiger partial charge is 0.266 e. The molecule has 2 rings (SSSR count).